The molecular formula is C20H19N3O4S. The van der Waals surface area contributed by atoms with E-state index in [1.165, 1.54) is 16.7 Å². The largest absolute Gasteiger partial charge is 0.419 e. The maximum absolute atomic E-state index is 12.7. The van der Waals surface area contributed by atoms with Gasteiger partial charge in [0.15, 0.2) is 5.58 Å². The third kappa shape index (κ3) is 3.51. The molecule has 2 heterocycles. The van der Waals surface area contributed by atoms with E-state index in [-0.39, 0.29) is 17.0 Å². The zero-order valence-electron chi connectivity index (χ0n) is 15.2. The Bertz CT molecular complexity index is 1280. The van der Waals surface area contributed by atoms with Crippen LogP contribution in [0, 0.1) is 0 Å². The standard InChI is InChI=1S/C20H19N3O4S/c1-22-18-10-9-17(12-19(18)27-20(22)24)28(25,26)21-13-16-8-5-11-23(16)14-15-6-3-2-4-7-15/h2-12,21H,13-14H2,1H3. The van der Waals surface area contributed by atoms with Crippen LogP contribution in [0.2, 0.25) is 0 Å². The Morgan fingerprint density at radius 1 is 1.04 bits per heavy atom. The smallest absolute Gasteiger partial charge is 0.408 e. The topological polar surface area (TPSA) is 86.2 Å². The molecule has 8 heteroatoms. The molecule has 0 atom stereocenters. The highest BCUT2D eigenvalue weighted by Gasteiger charge is 2.17. The van der Waals surface area contributed by atoms with Gasteiger partial charge in [0.1, 0.15) is 0 Å². The maximum Gasteiger partial charge on any atom is 0.419 e. The van der Waals surface area contributed by atoms with E-state index < -0.39 is 15.8 Å². The second kappa shape index (κ2) is 7.14. The van der Waals surface area contributed by atoms with Gasteiger partial charge in [-0.25, -0.2) is 17.9 Å². The zero-order valence-corrected chi connectivity index (χ0v) is 16.0. The van der Waals surface area contributed by atoms with Crippen LogP contribution in [0.3, 0.4) is 0 Å². The molecule has 2 aromatic carbocycles. The van der Waals surface area contributed by atoms with Gasteiger partial charge in [0, 0.05) is 31.5 Å². The fraction of sp³-hybridized carbons (Fsp3) is 0.150. The molecule has 28 heavy (non-hydrogen) atoms. The van der Waals surface area contributed by atoms with Crippen LogP contribution in [-0.2, 0) is 30.2 Å². The molecule has 0 aliphatic carbocycles. The molecule has 0 aliphatic rings. The van der Waals surface area contributed by atoms with Gasteiger partial charge >= 0.3 is 5.76 Å². The van der Waals surface area contributed by atoms with Gasteiger partial charge in [-0.05, 0) is 29.8 Å². The summed E-state index contributed by atoms with van der Waals surface area (Å²) in [6.45, 7) is 0.810. The van der Waals surface area contributed by atoms with Gasteiger partial charge in [-0.1, -0.05) is 30.3 Å². The third-order valence-electron chi connectivity index (χ3n) is 4.64. The van der Waals surface area contributed by atoms with Crippen molar-refractivity contribution in [2.75, 3.05) is 0 Å². The second-order valence-electron chi connectivity index (χ2n) is 6.49. The Morgan fingerprint density at radius 2 is 1.82 bits per heavy atom. The van der Waals surface area contributed by atoms with Gasteiger partial charge in [0.2, 0.25) is 10.0 Å². The number of aryl methyl sites for hydroxylation is 1. The summed E-state index contributed by atoms with van der Waals surface area (Å²) in [7, 11) is -2.18. The lowest BCUT2D eigenvalue weighted by molar-refractivity contribution is 0.527. The summed E-state index contributed by atoms with van der Waals surface area (Å²) in [5, 5.41) is 0. The Balaban J connectivity index is 1.53. The van der Waals surface area contributed by atoms with Crippen molar-refractivity contribution in [3.63, 3.8) is 0 Å². The van der Waals surface area contributed by atoms with Crippen LogP contribution in [0.1, 0.15) is 11.3 Å². The minimum Gasteiger partial charge on any atom is -0.408 e. The quantitative estimate of drug-likeness (QED) is 0.542. The van der Waals surface area contributed by atoms with E-state index in [0.29, 0.717) is 12.1 Å². The molecule has 144 valence electrons. The summed E-state index contributed by atoms with van der Waals surface area (Å²) in [6, 6.07) is 18.1. The predicted molar refractivity (Wildman–Crippen MR) is 105 cm³/mol. The number of sulfonamides is 1. The summed E-state index contributed by atoms with van der Waals surface area (Å²) < 4.78 is 36.4. The molecule has 0 saturated carbocycles. The molecule has 7 nitrogen and oxygen atoms in total. The van der Waals surface area contributed by atoms with E-state index >= 15 is 0 Å². The van der Waals surface area contributed by atoms with E-state index in [4.69, 9.17) is 4.42 Å². The van der Waals surface area contributed by atoms with Gasteiger partial charge < -0.3 is 8.98 Å². The number of nitrogens with one attached hydrogen (secondary N) is 1. The molecular weight excluding hydrogens is 378 g/mol. The normalized spacial score (nSPS) is 11.9. The maximum atomic E-state index is 12.7. The van der Waals surface area contributed by atoms with Crippen LogP contribution < -0.4 is 10.5 Å². The average Bonchev–Trinajstić information content (AvgIpc) is 3.24. The predicted octanol–water partition coefficient (Wildman–Crippen LogP) is 2.46. The average molecular weight is 397 g/mol. The molecule has 4 aromatic rings. The first-order valence-electron chi connectivity index (χ1n) is 8.71. The number of fused-ring (bicyclic) bond motifs is 1. The molecule has 0 radical (unpaired) electrons. The number of rotatable bonds is 6. The van der Waals surface area contributed by atoms with Crippen molar-refractivity contribution < 1.29 is 12.8 Å². The van der Waals surface area contributed by atoms with E-state index in [9.17, 15) is 13.2 Å². The van der Waals surface area contributed by atoms with E-state index in [1.54, 1.807) is 13.1 Å². The van der Waals surface area contributed by atoms with Gasteiger partial charge in [-0.3, -0.25) is 4.57 Å². The number of aromatic nitrogens is 2. The van der Waals surface area contributed by atoms with E-state index in [1.807, 2.05) is 53.2 Å². The first-order chi connectivity index (χ1) is 13.4. The summed E-state index contributed by atoms with van der Waals surface area (Å²) in [4.78, 5) is 11.6. The Hall–Kier alpha value is -3.10. The Morgan fingerprint density at radius 3 is 2.61 bits per heavy atom. The molecule has 1 N–H and O–H groups in total. The van der Waals surface area contributed by atoms with Crippen LogP contribution in [0.25, 0.3) is 11.1 Å². The van der Waals surface area contributed by atoms with Crippen LogP contribution >= 0.6 is 0 Å². The fourth-order valence-corrected chi connectivity index (χ4v) is 4.09. The van der Waals surface area contributed by atoms with Crippen LogP contribution in [-0.4, -0.2) is 17.6 Å². The molecule has 0 unspecified atom stereocenters. The summed E-state index contributed by atoms with van der Waals surface area (Å²) in [6.07, 6.45) is 1.92. The minimum atomic E-state index is -3.76. The van der Waals surface area contributed by atoms with Crippen LogP contribution in [0.4, 0.5) is 0 Å². The van der Waals surface area contributed by atoms with Gasteiger partial charge in [0.05, 0.1) is 17.0 Å². The van der Waals surface area contributed by atoms with Gasteiger partial charge in [0.25, 0.3) is 0 Å². The molecule has 0 spiro atoms. The zero-order chi connectivity index (χ0) is 19.7. The summed E-state index contributed by atoms with van der Waals surface area (Å²) >= 11 is 0. The molecule has 4 rings (SSSR count). The molecule has 2 aromatic heterocycles. The van der Waals surface area contributed by atoms with Crippen molar-refractivity contribution in [1.29, 1.82) is 0 Å². The highest BCUT2D eigenvalue weighted by molar-refractivity contribution is 7.89. The number of nitrogens with zero attached hydrogens (tertiary/aromatic N) is 2. The highest BCUT2D eigenvalue weighted by Crippen LogP contribution is 2.18. The van der Waals surface area contributed by atoms with E-state index in [2.05, 4.69) is 4.72 Å². The van der Waals surface area contributed by atoms with Crippen molar-refractivity contribution in [2.45, 2.75) is 18.0 Å². The van der Waals surface area contributed by atoms with E-state index in [0.717, 1.165) is 11.3 Å². The van der Waals surface area contributed by atoms with Gasteiger partial charge in [-0.15, -0.1) is 0 Å². The Labute approximate surface area is 161 Å². The van der Waals surface area contributed by atoms with Crippen molar-refractivity contribution in [3.8, 4) is 0 Å². The highest BCUT2D eigenvalue weighted by atomic mass is 32.2. The second-order valence-corrected chi connectivity index (χ2v) is 8.26. The third-order valence-corrected chi connectivity index (χ3v) is 6.04. The molecule has 0 saturated heterocycles. The molecule has 0 fully saturated rings. The van der Waals surface area contributed by atoms with Gasteiger partial charge in [-0.2, -0.15) is 0 Å². The number of benzene rings is 2. The molecule has 0 amide bonds. The first-order valence-corrected chi connectivity index (χ1v) is 10.2. The van der Waals surface area contributed by atoms with Crippen molar-refractivity contribution in [3.05, 3.63) is 88.7 Å². The molecule has 0 aliphatic heterocycles. The minimum absolute atomic E-state index is 0.0514. The lowest BCUT2D eigenvalue weighted by Gasteiger charge is -2.11. The summed E-state index contributed by atoms with van der Waals surface area (Å²) in [5.41, 5.74) is 2.76. The van der Waals surface area contributed by atoms with Crippen LogP contribution in [0.15, 0.2) is 81.0 Å². The lowest BCUT2D eigenvalue weighted by Crippen LogP contribution is -2.24. The number of hydrogen-bond donors (Lipinski definition) is 1. The Kier molecular flexibility index (Phi) is 4.66. The molecule has 0 bridgehead atoms. The van der Waals surface area contributed by atoms with Crippen molar-refractivity contribution in [1.82, 2.24) is 13.9 Å². The van der Waals surface area contributed by atoms with Crippen LogP contribution in [0.5, 0.6) is 0 Å². The number of oxazole rings is 1. The summed E-state index contributed by atoms with van der Waals surface area (Å²) in [5.74, 6) is -0.531. The SMILES string of the molecule is Cn1c(=O)oc2cc(S(=O)(=O)NCc3cccn3Cc3ccccc3)ccc21. The fourth-order valence-electron chi connectivity index (χ4n) is 3.08. The monoisotopic (exact) mass is 397 g/mol. The van der Waals surface area contributed by atoms with Crippen molar-refractivity contribution >= 4 is 21.1 Å². The van der Waals surface area contributed by atoms with Crippen molar-refractivity contribution in [2.24, 2.45) is 7.05 Å². The first kappa shape index (κ1) is 18.3. The number of hydrogen-bond acceptors (Lipinski definition) is 4. The lowest BCUT2D eigenvalue weighted by atomic mass is 10.2.